The van der Waals surface area contributed by atoms with Gasteiger partial charge in [-0.15, -0.1) is 0 Å². The number of nitrogens with zero attached hydrogens (tertiary/aromatic N) is 1. The Hall–Kier alpha value is -3.71. The summed E-state index contributed by atoms with van der Waals surface area (Å²) in [6, 6.07) is 18.8. The number of benzene rings is 2. The number of carbonyl (C=O) groups excluding carboxylic acids is 3. The Morgan fingerprint density at radius 3 is 2.17 bits per heavy atom. The van der Waals surface area contributed by atoms with E-state index >= 15 is 0 Å². The number of hydrogen-bond donors (Lipinski definition) is 1. The number of rotatable bonds is 17. The molecule has 0 bridgehead atoms. The summed E-state index contributed by atoms with van der Waals surface area (Å²) in [4.78, 5) is 43.0. The van der Waals surface area contributed by atoms with Crippen LogP contribution in [0.4, 0.5) is 4.79 Å². The summed E-state index contributed by atoms with van der Waals surface area (Å²) in [5.74, 6) is -1.34. The highest BCUT2D eigenvalue weighted by molar-refractivity contribution is 6.12. The zero-order valence-corrected chi connectivity index (χ0v) is 28.2. The van der Waals surface area contributed by atoms with Crippen LogP contribution in [0.25, 0.3) is 11.1 Å². The number of cyclic esters (lactones) is 1. The zero-order valence-electron chi connectivity index (χ0n) is 28.2. The predicted octanol–water partition coefficient (Wildman–Crippen LogP) is 8.73. The summed E-state index contributed by atoms with van der Waals surface area (Å²) in [5.41, 5.74) is 2.88. The number of imide groups is 1. The van der Waals surface area contributed by atoms with Crippen molar-refractivity contribution in [1.29, 1.82) is 0 Å². The van der Waals surface area contributed by atoms with Crippen LogP contribution in [0.3, 0.4) is 0 Å². The van der Waals surface area contributed by atoms with E-state index in [-0.39, 0.29) is 24.7 Å². The van der Waals surface area contributed by atoms with Crippen molar-refractivity contribution in [2.45, 2.75) is 110 Å². The smallest absolute Gasteiger partial charge is 0.417 e. The highest BCUT2D eigenvalue weighted by Crippen LogP contribution is 2.37. The normalized spacial score (nSPS) is 16.5. The molecule has 1 aromatic heterocycles. The molecule has 1 aliphatic heterocycles. The molecule has 248 valence electrons. The molecule has 1 fully saturated rings. The van der Waals surface area contributed by atoms with Crippen LogP contribution in [0.5, 0.6) is 0 Å². The van der Waals surface area contributed by atoms with Gasteiger partial charge in [0.05, 0.1) is 6.04 Å². The molecule has 7 nitrogen and oxygen atoms in total. The molecule has 1 saturated heterocycles. The van der Waals surface area contributed by atoms with Gasteiger partial charge in [-0.05, 0) is 63.1 Å². The molecule has 0 aliphatic carbocycles. The van der Waals surface area contributed by atoms with Crippen molar-refractivity contribution in [3.63, 3.8) is 0 Å². The van der Waals surface area contributed by atoms with E-state index in [9.17, 15) is 14.4 Å². The minimum atomic E-state index is -1.15. The summed E-state index contributed by atoms with van der Waals surface area (Å²) in [6.45, 7) is 9.81. The van der Waals surface area contributed by atoms with Crippen molar-refractivity contribution < 1.29 is 28.6 Å². The monoisotopic (exact) mass is 629 g/mol. The first-order valence-corrected chi connectivity index (χ1v) is 17.0. The molecule has 0 radical (unpaired) electrons. The third-order valence-electron chi connectivity index (χ3n) is 9.00. The molecular formula is C39H51NO6. The van der Waals surface area contributed by atoms with E-state index in [1.54, 1.807) is 19.9 Å². The summed E-state index contributed by atoms with van der Waals surface area (Å²) in [6.07, 6.45) is 8.63. The van der Waals surface area contributed by atoms with Gasteiger partial charge in [-0.25, -0.2) is 9.69 Å². The number of aliphatic hydroxyl groups is 1. The van der Waals surface area contributed by atoms with Gasteiger partial charge >= 0.3 is 6.09 Å². The Bertz CT molecular complexity index is 1460. The zero-order chi connectivity index (χ0) is 33.3. The van der Waals surface area contributed by atoms with Crippen LogP contribution in [0.1, 0.15) is 107 Å². The van der Waals surface area contributed by atoms with Crippen LogP contribution < -0.4 is 0 Å². The fourth-order valence-electron chi connectivity index (χ4n) is 6.82. The average molecular weight is 630 g/mol. The molecule has 0 spiro atoms. The Kier molecular flexibility index (Phi) is 12.4. The Morgan fingerprint density at radius 1 is 0.891 bits per heavy atom. The maximum absolute atomic E-state index is 14.4. The molecule has 2 atom stereocenters. The molecular weight excluding hydrogens is 578 g/mol. The fourth-order valence-corrected chi connectivity index (χ4v) is 6.82. The van der Waals surface area contributed by atoms with Gasteiger partial charge in [0.2, 0.25) is 11.7 Å². The molecule has 1 aliphatic rings. The van der Waals surface area contributed by atoms with E-state index in [4.69, 9.17) is 14.3 Å². The molecule has 7 heteroatoms. The maximum atomic E-state index is 14.4. The van der Waals surface area contributed by atoms with E-state index < -0.39 is 35.3 Å². The SMILES string of the molecule is Cc1cccc(-c2cc(C(=O)[C@H](Cc3ccccc3)C(=O)N3C(=O)OC(C)(C)[C@@H]3C(C)C)oc2CCCCCCCCCCO)c1. The molecule has 2 amide bonds. The number of ketones is 1. The number of Topliss-reactive ketones (excluding diaryl/α,β-unsaturated/α-hetero) is 1. The number of aliphatic hydroxyl groups excluding tert-OH is 1. The Morgan fingerprint density at radius 2 is 1.54 bits per heavy atom. The first-order valence-electron chi connectivity index (χ1n) is 17.0. The highest BCUT2D eigenvalue weighted by Gasteiger charge is 2.54. The summed E-state index contributed by atoms with van der Waals surface area (Å²) < 4.78 is 12.0. The Balaban J connectivity index is 1.61. The van der Waals surface area contributed by atoms with Gasteiger partial charge in [-0.3, -0.25) is 9.59 Å². The van der Waals surface area contributed by atoms with Crippen molar-refractivity contribution in [3.05, 3.63) is 83.3 Å². The number of furan rings is 1. The van der Waals surface area contributed by atoms with Gasteiger partial charge in [-0.1, -0.05) is 113 Å². The molecule has 46 heavy (non-hydrogen) atoms. The number of ether oxygens (including phenoxy) is 1. The van der Waals surface area contributed by atoms with E-state index in [0.717, 1.165) is 73.0 Å². The minimum Gasteiger partial charge on any atom is -0.457 e. The van der Waals surface area contributed by atoms with Gasteiger partial charge in [-0.2, -0.15) is 0 Å². The van der Waals surface area contributed by atoms with Crippen LogP contribution in [-0.4, -0.2) is 46.0 Å². The highest BCUT2D eigenvalue weighted by atomic mass is 16.6. The van der Waals surface area contributed by atoms with Gasteiger partial charge in [0.15, 0.2) is 5.76 Å². The minimum absolute atomic E-state index is 0.0680. The number of aryl methyl sites for hydroxylation is 2. The lowest BCUT2D eigenvalue weighted by Gasteiger charge is -2.32. The quantitative estimate of drug-likeness (QED) is 0.0911. The molecule has 0 unspecified atom stereocenters. The van der Waals surface area contributed by atoms with Crippen molar-refractivity contribution in [1.82, 2.24) is 4.90 Å². The van der Waals surface area contributed by atoms with Crippen LogP contribution in [-0.2, 0) is 22.4 Å². The van der Waals surface area contributed by atoms with Crippen LogP contribution in [0, 0.1) is 18.8 Å². The fraction of sp³-hybridized carbons (Fsp3) is 0.513. The first-order chi connectivity index (χ1) is 22.0. The Labute approximate surface area is 274 Å². The number of unbranched alkanes of at least 4 members (excludes halogenated alkanes) is 7. The van der Waals surface area contributed by atoms with Crippen molar-refractivity contribution in [2.24, 2.45) is 11.8 Å². The lowest BCUT2D eigenvalue weighted by molar-refractivity contribution is -0.133. The molecule has 2 heterocycles. The molecule has 4 rings (SSSR count). The third-order valence-corrected chi connectivity index (χ3v) is 9.00. The topological polar surface area (TPSA) is 97.1 Å². The van der Waals surface area contributed by atoms with Gasteiger partial charge in [0.1, 0.15) is 17.3 Å². The van der Waals surface area contributed by atoms with Crippen LogP contribution >= 0.6 is 0 Å². The van der Waals surface area contributed by atoms with Crippen molar-refractivity contribution in [2.75, 3.05) is 6.61 Å². The third kappa shape index (κ3) is 8.75. The van der Waals surface area contributed by atoms with E-state index in [0.29, 0.717) is 6.42 Å². The summed E-state index contributed by atoms with van der Waals surface area (Å²) in [7, 11) is 0. The number of hydrogen-bond acceptors (Lipinski definition) is 6. The summed E-state index contributed by atoms with van der Waals surface area (Å²) >= 11 is 0. The van der Waals surface area contributed by atoms with Crippen molar-refractivity contribution >= 4 is 17.8 Å². The van der Waals surface area contributed by atoms with Gasteiger partial charge in [0, 0.05) is 18.6 Å². The van der Waals surface area contributed by atoms with E-state index in [1.165, 1.54) is 11.3 Å². The largest absolute Gasteiger partial charge is 0.457 e. The van der Waals surface area contributed by atoms with Crippen LogP contribution in [0.15, 0.2) is 65.1 Å². The second-order valence-electron chi connectivity index (χ2n) is 13.6. The second kappa shape index (κ2) is 16.2. The standard InChI is InChI=1S/C39H51NO6/c1-27(2)36-39(4,5)46-38(44)40(36)37(43)32(25-29-19-13-12-14-20-29)35(42)34-26-31(30-21-17-18-28(3)24-30)33(45-34)22-15-10-8-6-7-9-11-16-23-41/h12-14,17-21,24,26-27,32,36,41H,6-11,15-16,22-23,25H2,1-5H3/t32-,36-/m0/s1. The number of amides is 2. The maximum Gasteiger partial charge on any atom is 0.417 e. The lowest BCUT2D eigenvalue weighted by atomic mass is 9.86. The van der Waals surface area contributed by atoms with E-state index in [1.807, 2.05) is 69.3 Å². The van der Waals surface area contributed by atoms with Gasteiger partial charge < -0.3 is 14.3 Å². The van der Waals surface area contributed by atoms with Crippen LogP contribution in [0.2, 0.25) is 0 Å². The molecule has 3 aromatic rings. The number of carbonyl (C=O) groups is 3. The predicted molar refractivity (Wildman–Crippen MR) is 181 cm³/mol. The van der Waals surface area contributed by atoms with Crippen molar-refractivity contribution in [3.8, 4) is 11.1 Å². The molecule has 1 N–H and O–H groups in total. The molecule has 0 saturated carbocycles. The molecule has 2 aromatic carbocycles. The average Bonchev–Trinajstić information content (AvgIpc) is 3.55. The van der Waals surface area contributed by atoms with Gasteiger partial charge in [0.25, 0.3) is 0 Å². The lowest BCUT2D eigenvalue weighted by Crippen LogP contribution is -2.51. The van der Waals surface area contributed by atoms with E-state index in [2.05, 4.69) is 6.07 Å². The summed E-state index contributed by atoms with van der Waals surface area (Å²) in [5, 5.41) is 8.97. The first kappa shape index (κ1) is 35.1. The second-order valence-corrected chi connectivity index (χ2v) is 13.6.